The van der Waals surface area contributed by atoms with Crippen molar-refractivity contribution in [3.8, 4) is 28.6 Å². The highest BCUT2D eigenvalue weighted by molar-refractivity contribution is 6.30. The summed E-state index contributed by atoms with van der Waals surface area (Å²) >= 11 is 6.14. The van der Waals surface area contributed by atoms with E-state index in [9.17, 15) is 0 Å². The summed E-state index contributed by atoms with van der Waals surface area (Å²) in [4.78, 5) is 14.7. The molecule has 0 unspecified atom stereocenters. The molecular weight excluding hydrogens is 476 g/mol. The predicted octanol–water partition coefficient (Wildman–Crippen LogP) is 5.30. The van der Waals surface area contributed by atoms with Crippen LogP contribution < -0.4 is 19.1 Å². The maximum Gasteiger partial charge on any atom is 0.205 e. The highest BCUT2D eigenvalue weighted by atomic mass is 35.5. The van der Waals surface area contributed by atoms with Crippen LogP contribution in [0.3, 0.4) is 0 Å². The van der Waals surface area contributed by atoms with Crippen molar-refractivity contribution < 1.29 is 14.2 Å². The minimum Gasteiger partial charge on any atom is -0.493 e. The lowest BCUT2D eigenvalue weighted by atomic mass is 10.1. The first kappa shape index (κ1) is 24.2. The standard InChI is InChI=1S/C28H29ClN4O3/c1-34-23-17-22-24(26(36-3)25(23)35-2)30-27(20-9-11-21(29)12-10-20)31-28(22)33-15-13-32(14-16-33)18-19-7-5-4-6-8-19/h4-12,17H,13-16,18H2,1-3H3. The Kier molecular flexibility index (Phi) is 7.11. The average molecular weight is 505 g/mol. The van der Waals surface area contributed by atoms with Crippen LogP contribution in [-0.4, -0.2) is 62.4 Å². The molecule has 0 radical (unpaired) electrons. The first-order valence-electron chi connectivity index (χ1n) is 11.9. The van der Waals surface area contributed by atoms with Crippen molar-refractivity contribution in [2.45, 2.75) is 6.54 Å². The molecule has 5 rings (SSSR count). The number of ether oxygens (including phenoxy) is 3. The topological polar surface area (TPSA) is 60.0 Å². The van der Waals surface area contributed by atoms with Gasteiger partial charge < -0.3 is 19.1 Å². The Labute approximate surface area is 216 Å². The van der Waals surface area contributed by atoms with Crippen LogP contribution in [-0.2, 0) is 6.54 Å². The zero-order chi connectivity index (χ0) is 25.1. The Bertz CT molecular complexity index is 1340. The third-order valence-corrected chi connectivity index (χ3v) is 6.75. The summed E-state index contributed by atoms with van der Waals surface area (Å²) in [5.74, 6) is 3.06. The van der Waals surface area contributed by atoms with E-state index in [1.165, 1.54) is 5.56 Å². The summed E-state index contributed by atoms with van der Waals surface area (Å²) in [6, 6.07) is 20.1. The molecule has 2 heterocycles. The highest BCUT2D eigenvalue weighted by Crippen LogP contribution is 2.45. The molecule has 0 atom stereocenters. The molecule has 0 saturated carbocycles. The number of aromatic nitrogens is 2. The fourth-order valence-electron chi connectivity index (χ4n) is 4.64. The molecular formula is C28H29ClN4O3. The van der Waals surface area contributed by atoms with Gasteiger partial charge in [0.2, 0.25) is 5.75 Å². The number of nitrogens with zero attached hydrogens (tertiary/aromatic N) is 4. The van der Waals surface area contributed by atoms with Gasteiger partial charge in [-0.25, -0.2) is 9.97 Å². The van der Waals surface area contributed by atoms with Crippen molar-refractivity contribution >= 4 is 28.3 Å². The maximum absolute atomic E-state index is 6.14. The average Bonchev–Trinajstić information content (AvgIpc) is 2.92. The van der Waals surface area contributed by atoms with Gasteiger partial charge in [0.25, 0.3) is 0 Å². The van der Waals surface area contributed by atoms with Crippen LogP contribution in [0.4, 0.5) is 5.82 Å². The third kappa shape index (κ3) is 4.76. The number of hydrogen-bond acceptors (Lipinski definition) is 7. The molecule has 3 aromatic carbocycles. The minimum atomic E-state index is 0.506. The highest BCUT2D eigenvalue weighted by Gasteiger charge is 2.26. The Morgan fingerprint density at radius 2 is 1.50 bits per heavy atom. The number of benzene rings is 3. The van der Waals surface area contributed by atoms with Gasteiger partial charge in [-0.2, -0.15) is 0 Å². The zero-order valence-corrected chi connectivity index (χ0v) is 21.5. The van der Waals surface area contributed by atoms with Crippen LogP contribution in [0, 0.1) is 0 Å². The lowest BCUT2D eigenvalue weighted by Gasteiger charge is -2.36. The second kappa shape index (κ2) is 10.6. The molecule has 1 aliphatic rings. The molecule has 1 aromatic heterocycles. The van der Waals surface area contributed by atoms with Gasteiger partial charge >= 0.3 is 0 Å². The van der Waals surface area contributed by atoms with Crippen molar-refractivity contribution in [1.29, 1.82) is 0 Å². The van der Waals surface area contributed by atoms with Crippen LogP contribution in [0.1, 0.15) is 5.56 Å². The number of hydrogen-bond donors (Lipinski definition) is 0. The predicted molar refractivity (Wildman–Crippen MR) is 144 cm³/mol. The maximum atomic E-state index is 6.14. The quantitative estimate of drug-likeness (QED) is 0.338. The molecule has 1 saturated heterocycles. The van der Waals surface area contributed by atoms with Crippen molar-refractivity contribution in [2.75, 3.05) is 52.4 Å². The van der Waals surface area contributed by atoms with Gasteiger partial charge in [0.1, 0.15) is 11.3 Å². The Morgan fingerprint density at radius 3 is 2.14 bits per heavy atom. The summed E-state index contributed by atoms with van der Waals surface area (Å²) in [6.07, 6.45) is 0. The normalized spacial score (nSPS) is 14.2. The molecule has 7 nitrogen and oxygen atoms in total. The lowest BCUT2D eigenvalue weighted by molar-refractivity contribution is 0.249. The Balaban J connectivity index is 1.56. The Hall–Kier alpha value is -3.55. The number of piperazine rings is 1. The van der Waals surface area contributed by atoms with E-state index < -0.39 is 0 Å². The van der Waals surface area contributed by atoms with Gasteiger partial charge in [0, 0.05) is 43.3 Å². The lowest BCUT2D eigenvalue weighted by Crippen LogP contribution is -2.46. The molecule has 8 heteroatoms. The van der Waals surface area contributed by atoms with Gasteiger partial charge in [-0.05, 0) is 35.9 Å². The van der Waals surface area contributed by atoms with Gasteiger partial charge in [0.15, 0.2) is 17.3 Å². The summed E-state index contributed by atoms with van der Waals surface area (Å²) in [5, 5.41) is 1.53. The molecule has 0 bridgehead atoms. The molecule has 0 amide bonds. The molecule has 186 valence electrons. The smallest absolute Gasteiger partial charge is 0.205 e. The number of rotatable bonds is 7. The van der Waals surface area contributed by atoms with Crippen LogP contribution in [0.25, 0.3) is 22.3 Å². The van der Waals surface area contributed by atoms with E-state index in [1.807, 2.05) is 30.3 Å². The molecule has 36 heavy (non-hydrogen) atoms. The molecule has 4 aromatic rings. The molecule has 0 spiro atoms. The van der Waals surface area contributed by atoms with E-state index in [0.29, 0.717) is 33.6 Å². The van der Waals surface area contributed by atoms with E-state index in [4.69, 9.17) is 35.8 Å². The van der Waals surface area contributed by atoms with E-state index in [-0.39, 0.29) is 0 Å². The monoisotopic (exact) mass is 504 g/mol. The number of fused-ring (bicyclic) bond motifs is 1. The largest absolute Gasteiger partial charge is 0.493 e. The fourth-order valence-corrected chi connectivity index (χ4v) is 4.77. The molecule has 1 aliphatic heterocycles. The Morgan fingerprint density at radius 1 is 0.806 bits per heavy atom. The third-order valence-electron chi connectivity index (χ3n) is 6.50. The summed E-state index contributed by atoms with van der Waals surface area (Å²) in [6.45, 7) is 4.49. The van der Waals surface area contributed by atoms with E-state index in [2.05, 4.69) is 40.1 Å². The van der Waals surface area contributed by atoms with Crippen LogP contribution in [0.15, 0.2) is 60.7 Å². The summed E-state index contributed by atoms with van der Waals surface area (Å²) < 4.78 is 17.1. The second-order valence-corrected chi connectivity index (χ2v) is 9.10. The van der Waals surface area contributed by atoms with Crippen LogP contribution >= 0.6 is 11.6 Å². The number of halogens is 1. The van der Waals surface area contributed by atoms with Crippen LogP contribution in [0.5, 0.6) is 17.2 Å². The molecule has 0 N–H and O–H groups in total. The first-order chi connectivity index (χ1) is 17.6. The molecule has 0 aliphatic carbocycles. The minimum absolute atomic E-state index is 0.506. The van der Waals surface area contributed by atoms with Gasteiger partial charge in [0.05, 0.1) is 26.7 Å². The second-order valence-electron chi connectivity index (χ2n) is 8.67. The fraction of sp³-hybridized carbons (Fsp3) is 0.286. The number of anilines is 1. The first-order valence-corrected chi connectivity index (χ1v) is 12.3. The van der Waals surface area contributed by atoms with E-state index in [0.717, 1.165) is 49.5 Å². The van der Waals surface area contributed by atoms with E-state index >= 15 is 0 Å². The van der Waals surface area contributed by atoms with Crippen molar-refractivity contribution in [3.05, 3.63) is 71.2 Å². The summed E-state index contributed by atoms with van der Waals surface area (Å²) in [5.41, 5.74) is 2.88. The summed E-state index contributed by atoms with van der Waals surface area (Å²) in [7, 11) is 4.83. The zero-order valence-electron chi connectivity index (χ0n) is 20.7. The molecule has 1 fully saturated rings. The van der Waals surface area contributed by atoms with Gasteiger partial charge in [-0.1, -0.05) is 41.9 Å². The van der Waals surface area contributed by atoms with Crippen molar-refractivity contribution in [1.82, 2.24) is 14.9 Å². The van der Waals surface area contributed by atoms with Crippen molar-refractivity contribution in [3.63, 3.8) is 0 Å². The SMILES string of the molecule is COc1cc2c(N3CCN(Cc4ccccc4)CC3)nc(-c3ccc(Cl)cc3)nc2c(OC)c1OC. The van der Waals surface area contributed by atoms with Crippen molar-refractivity contribution in [2.24, 2.45) is 0 Å². The van der Waals surface area contributed by atoms with Crippen LogP contribution in [0.2, 0.25) is 5.02 Å². The van der Waals surface area contributed by atoms with E-state index in [1.54, 1.807) is 21.3 Å². The number of methoxy groups -OCH3 is 3. The van der Waals surface area contributed by atoms with Gasteiger partial charge in [-0.15, -0.1) is 0 Å². The van der Waals surface area contributed by atoms with Gasteiger partial charge in [-0.3, -0.25) is 4.90 Å².